The van der Waals surface area contributed by atoms with E-state index >= 15 is 0 Å². The summed E-state index contributed by atoms with van der Waals surface area (Å²) < 4.78 is 13.1. The van der Waals surface area contributed by atoms with Gasteiger partial charge in [-0.1, -0.05) is 44.2 Å². The molecule has 5 nitrogen and oxygen atoms in total. The number of methoxy groups -OCH3 is 1. The fourth-order valence-electron chi connectivity index (χ4n) is 3.43. The highest BCUT2D eigenvalue weighted by atomic mass is 79.9. The highest BCUT2D eigenvalue weighted by Gasteiger charge is 2.22. The third-order valence-electron chi connectivity index (χ3n) is 5.02. The van der Waals surface area contributed by atoms with Crippen LogP contribution in [0, 0.1) is 0 Å². The van der Waals surface area contributed by atoms with Gasteiger partial charge in [-0.2, -0.15) is 0 Å². The van der Waals surface area contributed by atoms with E-state index < -0.39 is 12.1 Å². The summed E-state index contributed by atoms with van der Waals surface area (Å²) in [5, 5.41) is 20.2. The molecule has 0 aliphatic carbocycles. The summed E-state index contributed by atoms with van der Waals surface area (Å²) in [4.78, 5) is 11.1. The number of hydrogen-bond acceptors (Lipinski definition) is 4. The Labute approximate surface area is 204 Å². The Balaban J connectivity index is 2.12. The van der Waals surface area contributed by atoms with Crippen molar-refractivity contribution in [2.75, 3.05) is 7.11 Å². The van der Waals surface area contributed by atoms with E-state index in [1.165, 1.54) is 0 Å². The standard InChI is InChI=1S/C25H24Br2O5/c1-14(2)17-12-22(32-25-19(26)9-15(10-20(25)27)11-23(28)29)18(13-21(17)31-3)24(30)16-7-5-4-6-8-16/h4-10,12-14,24,30H,11H2,1-3H3,(H,28,29). The van der Waals surface area contributed by atoms with Crippen LogP contribution in [0.1, 0.15) is 48.1 Å². The van der Waals surface area contributed by atoms with Gasteiger partial charge in [-0.3, -0.25) is 4.79 Å². The first-order valence-electron chi connectivity index (χ1n) is 10.0. The zero-order chi connectivity index (χ0) is 23.4. The van der Waals surface area contributed by atoms with Gasteiger partial charge >= 0.3 is 5.97 Å². The van der Waals surface area contributed by atoms with Crippen LogP contribution in [0.2, 0.25) is 0 Å². The molecule has 0 aliphatic heterocycles. The molecule has 168 valence electrons. The lowest BCUT2D eigenvalue weighted by molar-refractivity contribution is -0.136. The molecule has 7 heteroatoms. The molecule has 0 heterocycles. The molecule has 0 spiro atoms. The van der Waals surface area contributed by atoms with Crippen LogP contribution in [0.5, 0.6) is 17.2 Å². The minimum absolute atomic E-state index is 0.102. The summed E-state index contributed by atoms with van der Waals surface area (Å²) in [6.45, 7) is 4.11. The maximum absolute atomic E-state index is 11.2. The van der Waals surface area contributed by atoms with Gasteiger partial charge in [0.25, 0.3) is 0 Å². The number of halogens is 2. The third kappa shape index (κ3) is 5.52. The van der Waals surface area contributed by atoms with Gasteiger partial charge < -0.3 is 19.7 Å². The molecule has 0 bridgehead atoms. The molecular formula is C25H24Br2O5. The molecule has 0 aliphatic rings. The molecule has 0 saturated heterocycles. The number of hydrogen-bond donors (Lipinski definition) is 2. The molecule has 0 fully saturated rings. The molecule has 2 N–H and O–H groups in total. The monoisotopic (exact) mass is 562 g/mol. The van der Waals surface area contributed by atoms with E-state index in [0.717, 1.165) is 11.1 Å². The summed E-state index contributed by atoms with van der Waals surface area (Å²) in [6.07, 6.45) is -1.03. The van der Waals surface area contributed by atoms with Gasteiger partial charge in [-0.05, 0) is 73.2 Å². The Morgan fingerprint density at radius 1 is 0.969 bits per heavy atom. The van der Waals surface area contributed by atoms with Crippen LogP contribution >= 0.6 is 31.9 Å². The van der Waals surface area contributed by atoms with Crippen molar-refractivity contribution >= 4 is 37.8 Å². The number of benzene rings is 3. The quantitative estimate of drug-likeness (QED) is 0.313. The van der Waals surface area contributed by atoms with E-state index in [-0.39, 0.29) is 12.3 Å². The Kier molecular flexibility index (Phi) is 7.98. The predicted molar refractivity (Wildman–Crippen MR) is 131 cm³/mol. The SMILES string of the molecule is COc1cc(C(O)c2ccccc2)c(Oc2c(Br)cc(CC(=O)O)cc2Br)cc1C(C)C. The second kappa shape index (κ2) is 10.5. The predicted octanol–water partition coefficient (Wildman–Crippen LogP) is 6.84. The zero-order valence-electron chi connectivity index (χ0n) is 17.9. The van der Waals surface area contributed by atoms with E-state index in [1.54, 1.807) is 19.2 Å². The Morgan fingerprint density at radius 2 is 1.56 bits per heavy atom. The lowest BCUT2D eigenvalue weighted by Crippen LogP contribution is -2.06. The first kappa shape index (κ1) is 24.3. The number of aliphatic carboxylic acids is 1. The second-order valence-electron chi connectivity index (χ2n) is 7.66. The van der Waals surface area contributed by atoms with Crippen LogP contribution in [0.3, 0.4) is 0 Å². The first-order valence-corrected chi connectivity index (χ1v) is 11.6. The van der Waals surface area contributed by atoms with Crippen LogP contribution in [0.4, 0.5) is 0 Å². The van der Waals surface area contributed by atoms with Crippen molar-refractivity contribution in [3.05, 3.63) is 85.8 Å². The lowest BCUT2D eigenvalue weighted by Gasteiger charge is -2.22. The van der Waals surface area contributed by atoms with Crippen molar-refractivity contribution < 1.29 is 24.5 Å². The Morgan fingerprint density at radius 3 is 2.09 bits per heavy atom. The number of ether oxygens (including phenoxy) is 2. The highest BCUT2D eigenvalue weighted by Crippen LogP contribution is 2.44. The van der Waals surface area contributed by atoms with Gasteiger partial charge in [-0.15, -0.1) is 0 Å². The molecule has 0 amide bonds. The molecule has 1 unspecified atom stereocenters. The van der Waals surface area contributed by atoms with Crippen molar-refractivity contribution in [1.82, 2.24) is 0 Å². The molecule has 3 rings (SSSR count). The van der Waals surface area contributed by atoms with Gasteiger partial charge in [-0.25, -0.2) is 0 Å². The average molecular weight is 564 g/mol. The van der Waals surface area contributed by atoms with Crippen molar-refractivity contribution in [2.45, 2.75) is 32.3 Å². The highest BCUT2D eigenvalue weighted by molar-refractivity contribution is 9.11. The van der Waals surface area contributed by atoms with E-state index in [2.05, 4.69) is 45.7 Å². The number of carboxylic acid groups (broad SMARTS) is 1. The van der Waals surface area contributed by atoms with E-state index in [1.807, 2.05) is 42.5 Å². The minimum atomic E-state index is -0.926. The second-order valence-corrected chi connectivity index (χ2v) is 9.37. The number of rotatable bonds is 8. The van der Waals surface area contributed by atoms with Gasteiger partial charge in [0.2, 0.25) is 0 Å². The van der Waals surface area contributed by atoms with Crippen LogP contribution in [-0.4, -0.2) is 23.3 Å². The number of aliphatic hydroxyl groups excluding tert-OH is 1. The Hall–Kier alpha value is -2.35. The summed E-state index contributed by atoms with van der Waals surface area (Å²) >= 11 is 6.98. The normalized spacial score (nSPS) is 12.0. The van der Waals surface area contributed by atoms with E-state index in [0.29, 0.717) is 37.3 Å². The van der Waals surface area contributed by atoms with Crippen molar-refractivity contribution in [3.63, 3.8) is 0 Å². The molecule has 0 aromatic heterocycles. The molecule has 32 heavy (non-hydrogen) atoms. The van der Waals surface area contributed by atoms with Crippen LogP contribution in [-0.2, 0) is 11.2 Å². The van der Waals surface area contributed by atoms with Crippen LogP contribution in [0.25, 0.3) is 0 Å². The average Bonchev–Trinajstić information content (AvgIpc) is 2.75. The van der Waals surface area contributed by atoms with Gasteiger partial charge in [0.1, 0.15) is 17.6 Å². The molecule has 1 atom stereocenters. The van der Waals surface area contributed by atoms with Crippen LogP contribution < -0.4 is 9.47 Å². The molecule has 0 saturated carbocycles. The third-order valence-corrected chi connectivity index (χ3v) is 6.20. The zero-order valence-corrected chi connectivity index (χ0v) is 21.1. The summed E-state index contributed by atoms with van der Waals surface area (Å²) in [6, 6.07) is 16.5. The van der Waals surface area contributed by atoms with Gasteiger partial charge in [0, 0.05) is 11.1 Å². The topological polar surface area (TPSA) is 76.0 Å². The van der Waals surface area contributed by atoms with Gasteiger partial charge in [0.05, 0.1) is 22.5 Å². The largest absolute Gasteiger partial charge is 0.496 e. The number of aliphatic hydroxyl groups is 1. The van der Waals surface area contributed by atoms with Crippen molar-refractivity contribution in [1.29, 1.82) is 0 Å². The fraction of sp³-hybridized carbons (Fsp3) is 0.240. The van der Waals surface area contributed by atoms with Crippen LogP contribution in [0.15, 0.2) is 63.5 Å². The number of carboxylic acids is 1. The summed E-state index contributed by atoms with van der Waals surface area (Å²) in [5.41, 5.74) is 2.87. The summed E-state index contributed by atoms with van der Waals surface area (Å²) in [7, 11) is 1.61. The molecule has 0 radical (unpaired) electrons. The molecule has 3 aromatic carbocycles. The van der Waals surface area contributed by atoms with Crippen molar-refractivity contribution in [2.24, 2.45) is 0 Å². The van der Waals surface area contributed by atoms with Gasteiger partial charge in [0.15, 0.2) is 5.75 Å². The smallest absolute Gasteiger partial charge is 0.307 e. The Bertz CT molecular complexity index is 1090. The molecule has 3 aromatic rings. The van der Waals surface area contributed by atoms with E-state index in [4.69, 9.17) is 14.6 Å². The summed E-state index contributed by atoms with van der Waals surface area (Å²) in [5.74, 6) is 0.897. The van der Waals surface area contributed by atoms with Crippen molar-refractivity contribution in [3.8, 4) is 17.2 Å². The fourth-order valence-corrected chi connectivity index (χ4v) is 4.88. The van der Waals surface area contributed by atoms with E-state index in [9.17, 15) is 9.90 Å². The minimum Gasteiger partial charge on any atom is -0.496 e. The maximum atomic E-state index is 11.2. The number of carbonyl (C=O) groups is 1. The maximum Gasteiger partial charge on any atom is 0.307 e. The molecular weight excluding hydrogens is 540 g/mol. The first-order chi connectivity index (χ1) is 15.2. The lowest BCUT2D eigenvalue weighted by atomic mass is 9.94.